The molecular formula is C30H40N6O4S. The highest BCUT2D eigenvalue weighted by Gasteiger charge is 2.41. The van der Waals surface area contributed by atoms with Gasteiger partial charge in [-0.2, -0.15) is 0 Å². The van der Waals surface area contributed by atoms with Crippen molar-refractivity contribution in [3.63, 3.8) is 0 Å². The second-order valence-corrected chi connectivity index (χ2v) is 14.7. The highest BCUT2D eigenvalue weighted by Crippen LogP contribution is 2.48. The summed E-state index contributed by atoms with van der Waals surface area (Å²) in [5, 5.41) is 4.62. The number of aromatic nitrogens is 4. The van der Waals surface area contributed by atoms with Gasteiger partial charge in [0.1, 0.15) is 10.7 Å². The number of carbonyl (C=O) groups is 1. The van der Waals surface area contributed by atoms with E-state index in [1.165, 1.54) is 31.9 Å². The molecule has 0 spiro atoms. The number of nitrogens with one attached hydrogen (secondary N) is 1. The van der Waals surface area contributed by atoms with E-state index in [2.05, 4.69) is 35.5 Å². The first-order valence-corrected chi connectivity index (χ1v) is 16.0. The van der Waals surface area contributed by atoms with Crippen molar-refractivity contribution in [3.8, 4) is 11.7 Å². The Morgan fingerprint density at radius 3 is 2.61 bits per heavy atom. The Kier molecular flexibility index (Phi) is 6.91. The fourth-order valence-corrected chi connectivity index (χ4v) is 8.65. The van der Waals surface area contributed by atoms with Crippen LogP contribution in [-0.4, -0.2) is 52.3 Å². The van der Waals surface area contributed by atoms with Crippen LogP contribution >= 0.6 is 0 Å². The Morgan fingerprint density at radius 1 is 1.17 bits per heavy atom. The van der Waals surface area contributed by atoms with Crippen molar-refractivity contribution in [2.24, 2.45) is 30.7 Å². The molecule has 0 aromatic carbocycles. The van der Waals surface area contributed by atoms with Crippen LogP contribution in [0.4, 0.5) is 5.82 Å². The largest absolute Gasteiger partial charge is 0.476 e. The maximum atomic E-state index is 13.5. The Bertz CT molecular complexity index is 1570. The number of hydrogen-bond donors (Lipinski definition) is 1. The predicted molar refractivity (Wildman–Crippen MR) is 156 cm³/mol. The van der Waals surface area contributed by atoms with Gasteiger partial charge in [0.05, 0.1) is 12.2 Å². The number of amides is 1. The lowest BCUT2D eigenvalue weighted by atomic mass is 9.90. The van der Waals surface area contributed by atoms with Crippen LogP contribution in [0.25, 0.3) is 5.82 Å². The van der Waals surface area contributed by atoms with Crippen molar-refractivity contribution < 1.29 is 17.9 Å². The molecule has 0 radical (unpaired) electrons. The number of aryl methyl sites for hydroxylation is 2. The first-order valence-electron chi connectivity index (χ1n) is 14.6. The minimum absolute atomic E-state index is 0.0732. The van der Waals surface area contributed by atoms with Gasteiger partial charge < -0.3 is 14.2 Å². The average molecular weight is 581 g/mol. The van der Waals surface area contributed by atoms with E-state index in [4.69, 9.17) is 9.72 Å². The molecular weight excluding hydrogens is 540 g/mol. The van der Waals surface area contributed by atoms with E-state index >= 15 is 0 Å². The van der Waals surface area contributed by atoms with Gasteiger partial charge in [-0.25, -0.2) is 22.8 Å². The summed E-state index contributed by atoms with van der Waals surface area (Å²) in [6.45, 7) is 9.49. The number of fused-ring (bicyclic) bond motifs is 2. The lowest BCUT2D eigenvalue weighted by molar-refractivity contribution is 0.0981. The van der Waals surface area contributed by atoms with Gasteiger partial charge in [0, 0.05) is 43.8 Å². The molecule has 1 unspecified atom stereocenters. The van der Waals surface area contributed by atoms with E-state index in [9.17, 15) is 13.2 Å². The van der Waals surface area contributed by atoms with Gasteiger partial charge in [0.15, 0.2) is 5.82 Å². The third-order valence-corrected chi connectivity index (χ3v) is 10.6. The first kappa shape index (κ1) is 27.8. The number of nitrogens with zero attached hydrogens (tertiary/aromatic N) is 5. The lowest BCUT2D eigenvalue weighted by Crippen LogP contribution is -2.41. The summed E-state index contributed by atoms with van der Waals surface area (Å²) in [7, 11) is -2.33. The lowest BCUT2D eigenvalue weighted by Gasteiger charge is -2.34. The standard InChI is InChI=1S/C30H40N6O4S/c1-19-14-30(3,4)35(15-19)28-24(29(37)33-41(38,39)25-17-34(5)16-20(25)2)8-9-26(31-28)36-11-10-27(32-36)40-18-23-13-21-6-7-22(23)12-21/h8-11,16-17,19,21-23H,6-7,12-15,18H2,1-5H3,(H,33,37)/t19-,21-,22+,23?/m0/s1. The van der Waals surface area contributed by atoms with Crippen LogP contribution in [0, 0.1) is 30.6 Å². The zero-order valence-electron chi connectivity index (χ0n) is 24.5. The van der Waals surface area contributed by atoms with Crippen LogP contribution < -0.4 is 14.4 Å². The van der Waals surface area contributed by atoms with Crippen LogP contribution in [0.5, 0.6) is 5.88 Å². The SMILES string of the molecule is Cc1cn(C)cc1S(=O)(=O)NC(=O)c1ccc(-n2ccc(OCC3C[C@H]4CC[C@@H]3C4)n2)nc1N1C[C@@H](C)CC1(C)C. The van der Waals surface area contributed by atoms with Crippen molar-refractivity contribution in [2.45, 2.75) is 70.2 Å². The van der Waals surface area contributed by atoms with Gasteiger partial charge >= 0.3 is 0 Å². The van der Waals surface area contributed by atoms with Crippen molar-refractivity contribution in [2.75, 3.05) is 18.1 Å². The molecule has 11 heteroatoms. The summed E-state index contributed by atoms with van der Waals surface area (Å²) in [5.41, 5.74) is 0.495. The van der Waals surface area contributed by atoms with Crippen LogP contribution in [0.2, 0.25) is 0 Å². The Labute approximate surface area is 242 Å². The molecule has 220 valence electrons. The van der Waals surface area contributed by atoms with Gasteiger partial charge in [0.2, 0.25) is 5.88 Å². The van der Waals surface area contributed by atoms with Crippen LogP contribution in [0.3, 0.4) is 0 Å². The van der Waals surface area contributed by atoms with Crippen molar-refractivity contribution >= 4 is 21.7 Å². The zero-order chi connectivity index (χ0) is 29.1. The van der Waals surface area contributed by atoms with E-state index in [0.717, 1.165) is 18.3 Å². The zero-order valence-corrected chi connectivity index (χ0v) is 25.3. The highest BCUT2D eigenvalue weighted by molar-refractivity contribution is 7.90. The molecule has 41 heavy (non-hydrogen) atoms. The summed E-state index contributed by atoms with van der Waals surface area (Å²) < 4.78 is 38.0. The maximum Gasteiger partial charge on any atom is 0.268 e. The molecule has 1 aliphatic heterocycles. The summed E-state index contributed by atoms with van der Waals surface area (Å²) in [5.74, 6) is 3.46. The molecule has 4 atom stereocenters. The topological polar surface area (TPSA) is 111 Å². The molecule has 1 N–H and O–H groups in total. The molecule has 2 bridgehead atoms. The van der Waals surface area contributed by atoms with Crippen molar-refractivity contribution in [1.82, 2.24) is 24.1 Å². The second kappa shape index (κ2) is 10.2. The molecule has 4 heterocycles. The van der Waals surface area contributed by atoms with Crippen LogP contribution in [0.1, 0.15) is 68.8 Å². The van der Waals surface area contributed by atoms with Crippen LogP contribution in [-0.2, 0) is 17.1 Å². The highest BCUT2D eigenvalue weighted by atomic mass is 32.2. The Morgan fingerprint density at radius 2 is 1.98 bits per heavy atom. The van der Waals surface area contributed by atoms with Crippen molar-refractivity contribution in [1.29, 1.82) is 0 Å². The number of pyridine rings is 1. The van der Waals surface area contributed by atoms with E-state index < -0.39 is 15.9 Å². The monoisotopic (exact) mass is 580 g/mol. The van der Waals surface area contributed by atoms with E-state index in [-0.39, 0.29) is 16.0 Å². The summed E-state index contributed by atoms with van der Waals surface area (Å²) >= 11 is 0. The Balaban J connectivity index is 1.27. The van der Waals surface area contributed by atoms with Gasteiger partial charge in [-0.1, -0.05) is 13.3 Å². The van der Waals surface area contributed by atoms with Crippen LogP contribution in [0.15, 0.2) is 41.7 Å². The van der Waals surface area contributed by atoms with Crippen molar-refractivity contribution in [3.05, 3.63) is 47.9 Å². The second-order valence-electron chi connectivity index (χ2n) is 13.0. The molecule has 3 aromatic heterocycles. The third-order valence-electron chi connectivity index (χ3n) is 9.19. The summed E-state index contributed by atoms with van der Waals surface area (Å²) in [6.07, 6.45) is 11.2. The van der Waals surface area contributed by atoms with Gasteiger partial charge in [-0.05, 0) is 87.8 Å². The van der Waals surface area contributed by atoms with Gasteiger partial charge in [-0.15, -0.1) is 5.10 Å². The number of anilines is 1. The quantitative estimate of drug-likeness (QED) is 0.418. The van der Waals surface area contributed by atoms with E-state index in [0.29, 0.717) is 48.1 Å². The molecule has 3 aliphatic rings. The molecule has 3 aromatic rings. The first-order chi connectivity index (χ1) is 19.4. The maximum absolute atomic E-state index is 13.5. The number of carbonyl (C=O) groups excluding carboxylic acids is 1. The molecule has 2 saturated carbocycles. The van der Waals surface area contributed by atoms with Gasteiger partial charge in [0.25, 0.3) is 15.9 Å². The minimum atomic E-state index is -4.07. The molecule has 3 fully saturated rings. The average Bonchev–Trinajstić information content (AvgIpc) is 3.72. The van der Waals surface area contributed by atoms with E-state index in [1.807, 2.05) is 12.3 Å². The smallest absolute Gasteiger partial charge is 0.268 e. The summed E-state index contributed by atoms with van der Waals surface area (Å²) in [4.78, 5) is 20.6. The fourth-order valence-electron chi connectivity index (χ4n) is 7.40. The normalized spacial score (nSPS) is 25.1. The van der Waals surface area contributed by atoms with E-state index in [1.54, 1.807) is 41.5 Å². The molecule has 2 aliphatic carbocycles. The molecule has 6 rings (SSSR count). The Hall–Kier alpha value is -3.34. The number of sulfonamides is 1. The predicted octanol–water partition coefficient (Wildman–Crippen LogP) is 4.47. The molecule has 10 nitrogen and oxygen atoms in total. The molecule has 1 amide bonds. The number of ether oxygens (including phenoxy) is 1. The molecule has 1 saturated heterocycles. The minimum Gasteiger partial charge on any atom is -0.476 e. The summed E-state index contributed by atoms with van der Waals surface area (Å²) in [6, 6.07) is 5.17. The fraction of sp³-hybridized carbons (Fsp3) is 0.567. The number of hydrogen-bond acceptors (Lipinski definition) is 7. The van der Waals surface area contributed by atoms with Gasteiger partial charge in [-0.3, -0.25) is 4.79 Å². The number of rotatable bonds is 8. The third kappa shape index (κ3) is 5.36.